The summed E-state index contributed by atoms with van der Waals surface area (Å²) in [6.07, 6.45) is 0. The minimum absolute atomic E-state index is 0.253. The summed E-state index contributed by atoms with van der Waals surface area (Å²) < 4.78 is 5.06. The van der Waals surface area contributed by atoms with Gasteiger partial charge in [-0.15, -0.1) is 0 Å². The van der Waals surface area contributed by atoms with Crippen LogP contribution < -0.4 is 15.8 Å². The minimum atomic E-state index is -0.253. The van der Waals surface area contributed by atoms with E-state index in [0.29, 0.717) is 22.8 Å². The first-order chi connectivity index (χ1) is 9.49. The zero-order valence-electron chi connectivity index (χ0n) is 11.7. The van der Waals surface area contributed by atoms with Gasteiger partial charge in [0, 0.05) is 11.3 Å². The number of carbonyl (C=O) groups is 1. The fourth-order valence-electron chi connectivity index (χ4n) is 1.97. The lowest BCUT2D eigenvalue weighted by Crippen LogP contribution is -2.13. The van der Waals surface area contributed by atoms with Gasteiger partial charge in [0.05, 0.1) is 12.8 Å². The maximum atomic E-state index is 12.1. The maximum Gasteiger partial charge on any atom is 0.256 e. The number of nitrogens with zero attached hydrogens (tertiary/aromatic N) is 1. The summed E-state index contributed by atoms with van der Waals surface area (Å²) in [7, 11) is 1.53. The van der Waals surface area contributed by atoms with Crippen LogP contribution in [-0.4, -0.2) is 18.0 Å². The van der Waals surface area contributed by atoms with Gasteiger partial charge in [0.25, 0.3) is 5.91 Å². The third kappa shape index (κ3) is 3.06. The molecule has 1 aromatic heterocycles. The van der Waals surface area contributed by atoms with Crippen molar-refractivity contribution < 1.29 is 9.53 Å². The highest BCUT2D eigenvalue weighted by Gasteiger charge is 2.10. The normalized spacial score (nSPS) is 10.2. The molecule has 0 atom stereocenters. The van der Waals surface area contributed by atoms with E-state index in [1.807, 2.05) is 26.0 Å². The molecular weight excluding hydrogens is 254 g/mol. The van der Waals surface area contributed by atoms with Crippen LogP contribution in [0.5, 0.6) is 5.75 Å². The Labute approximate surface area is 117 Å². The first-order valence-corrected chi connectivity index (χ1v) is 6.20. The van der Waals surface area contributed by atoms with E-state index in [1.54, 1.807) is 18.2 Å². The second-order valence-electron chi connectivity index (χ2n) is 4.58. The van der Waals surface area contributed by atoms with Gasteiger partial charge in [-0.1, -0.05) is 0 Å². The zero-order chi connectivity index (χ0) is 14.7. The van der Waals surface area contributed by atoms with Crippen molar-refractivity contribution in [3.05, 3.63) is 47.2 Å². The number of amides is 1. The minimum Gasteiger partial charge on any atom is -0.495 e. The van der Waals surface area contributed by atoms with Gasteiger partial charge < -0.3 is 15.8 Å². The predicted octanol–water partition coefficient (Wildman–Crippen LogP) is 2.54. The summed E-state index contributed by atoms with van der Waals surface area (Å²) >= 11 is 0. The summed E-state index contributed by atoms with van der Waals surface area (Å²) in [4.78, 5) is 16.4. The van der Waals surface area contributed by atoms with Gasteiger partial charge in [-0.3, -0.25) is 4.79 Å². The smallest absolute Gasteiger partial charge is 0.256 e. The number of nitrogen functional groups attached to an aromatic ring is 1. The maximum absolute atomic E-state index is 12.1. The average molecular weight is 271 g/mol. The van der Waals surface area contributed by atoms with E-state index in [2.05, 4.69) is 10.3 Å². The van der Waals surface area contributed by atoms with Crippen LogP contribution in [0.1, 0.15) is 21.6 Å². The van der Waals surface area contributed by atoms with Crippen molar-refractivity contribution in [2.75, 3.05) is 18.2 Å². The van der Waals surface area contributed by atoms with Gasteiger partial charge in [0.2, 0.25) is 0 Å². The number of anilines is 2. The van der Waals surface area contributed by atoms with E-state index >= 15 is 0 Å². The lowest BCUT2D eigenvalue weighted by atomic mass is 10.1. The monoisotopic (exact) mass is 271 g/mol. The van der Waals surface area contributed by atoms with E-state index in [-0.39, 0.29) is 5.91 Å². The summed E-state index contributed by atoms with van der Waals surface area (Å²) in [5, 5.41) is 2.76. The number of aryl methyl sites for hydroxylation is 2. The van der Waals surface area contributed by atoms with Crippen LogP contribution in [0, 0.1) is 13.8 Å². The van der Waals surface area contributed by atoms with E-state index in [0.717, 1.165) is 11.3 Å². The number of methoxy groups -OCH3 is 1. The van der Waals surface area contributed by atoms with Crippen molar-refractivity contribution in [2.45, 2.75) is 13.8 Å². The molecule has 1 aromatic carbocycles. The summed E-state index contributed by atoms with van der Waals surface area (Å²) in [6.45, 7) is 3.84. The van der Waals surface area contributed by atoms with Crippen LogP contribution in [0.2, 0.25) is 0 Å². The molecule has 0 radical (unpaired) electrons. The number of rotatable bonds is 3. The summed E-state index contributed by atoms with van der Waals surface area (Å²) in [6, 6.07) is 8.67. The summed E-state index contributed by atoms with van der Waals surface area (Å²) in [5.74, 6) is 0.824. The Balaban J connectivity index is 2.21. The molecule has 2 rings (SSSR count). The number of hydrogen-bond donors (Lipinski definition) is 2. The zero-order valence-corrected chi connectivity index (χ0v) is 11.7. The molecule has 0 spiro atoms. The van der Waals surface area contributed by atoms with Crippen LogP contribution in [-0.2, 0) is 0 Å². The number of hydrogen-bond acceptors (Lipinski definition) is 4. The number of nitrogens with one attached hydrogen (secondary N) is 1. The number of nitrogens with two attached hydrogens (primary N) is 1. The molecule has 0 aliphatic carbocycles. The molecule has 5 nitrogen and oxygen atoms in total. The molecule has 0 saturated heterocycles. The Bertz CT molecular complexity index is 633. The van der Waals surface area contributed by atoms with Crippen molar-refractivity contribution in [2.24, 2.45) is 0 Å². The number of benzene rings is 1. The lowest BCUT2D eigenvalue weighted by molar-refractivity contribution is 0.102. The molecule has 3 N–H and O–H groups in total. The standard InChI is InChI=1S/C15H17N3O2/c1-9-6-10(2)17-14(7-9)18-15(19)11-4-5-13(20-3)12(16)8-11/h4-8H,16H2,1-3H3,(H,17,18,19). The highest BCUT2D eigenvalue weighted by molar-refractivity contribution is 6.04. The third-order valence-electron chi connectivity index (χ3n) is 2.83. The molecule has 0 aliphatic heterocycles. The molecule has 2 aromatic rings. The summed E-state index contributed by atoms with van der Waals surface area (Å²) in [5.41, 5.74) is 8.58. The average Bonchev–Trinajstić information content (AvgIpc) is 2.37. The molecule has 0 saturated carbocycles. The fourth-order valence-corrected chi connectivity index (χ4v) is 1.97. The Morgan fingerprint density at radius 3 is 2.60 bits per heavy atom. The molecule has 0 unspecified atom stereocenters. The Kier molecular flexibility index (Phi) is 3.89. The number of pyridine rings is 1. The highest BCUT2D eigenvalue weighted by Crippen LogP contribution is 2.22. The number of ether oxygens (including phenoxy) is 1. The molecular formula is C15H17N3O2. The van der Waals surface area contributed by atoms with Gasteiger partial charge in [-0.25, -0.2) is 4.98 Å². The van der Waals surface area contributed by atoms with Crippen LogP contribution in [0.15, 0.2) is 30.3 Å². The second-order valence-corrected chi connectivity index (χ2v) is 4.58. The quantitative estimate of drug-likeness (QED) is 0.841. The van der Waals surface area contributed by atoms with Crippen molar-refractivity contribution in [1.29, 1.82) is 0 Å². The van der Waals surface area contributed by atoms with Gasteiger partial charge in [0.1, 0.15) is 11.6 Å². The van der Waals surface area contributed by atoms with Gasteiger partial charge >= 0.3 is 0 Å². The van der Waals surface area contributed by atoms with Crippen molar-refractivity contribution in [3.8, 4) is 5.75 Å². The third-order valence-corrected chi connectivity index (χ3v) is 2.83. The molecule has 104 valence electrons. The van der Waals surface area contributed by atoms with Crippen molar-refractivity contribution >= 4 is 17.4 Å². The van der Waals surface area contributed by atoms with E-state index in [4.69, 9.17) is 10.5 Å². The Morgan fingerprint density at radius 1 is 1.25 bits per heavy atom. The molecule has 0 aliphatic rings. The van der Waals surface area contributed by atoms with Crippen molar-refractivity contribution in [3.63, 3.8) is 0 Å². The molecule has 1 amide bonds. The van der Waals surface area contributed by atoms with Crippen LogP contribution >= 0.6 is 0 Å². The van der Waals surface area contributed by atoms with E-state index in [9.17, 15) is 4.79 Å². The molecule has 20 heavy (non-hydrogen) atoms. The molecule has 0 fully saturated rings. The number of carbonyl (C=O) groups excluding carboxylic acids is 1. The largest absolute Gasteiger partial charge is 0.495 e. The predicted molar refractivity (Wildman–Crippen MR) is 79.1 cm³/mol. The van der Waals surface area contributed by atoms with Crippen LogP contribution in [0.3, 0.4) is 0 Å². The van der Waals surface area contributed by atoms with Crippen molar-refractivity contribution in [1.82, 2.24) is 4.98 Å². The molecule has 1 heterocycles. The SMILES string of the molecule is COc1ccc(C(=O)Nc2cc(C)cc(C)n2)cc1N. The molecule has 5 heteroatoms. The van der Waals surface area contributed by atoms with Gasteiger partial charge in [-0.05, 0) is 49.7 Å². The second kappa shape index (κ2) is 5.61. The van der Waals surface area contributed by atoms with Gasteiger partial charge in [-0.2, -0.15) is 0 Å². The first-order valence-electron chi connectivity index (χ1n) is 6.20. The topological polar surface area (TPSA) is 77.2 Å². The molecule has 0 bridgehead atoms. The van der Waals surface area contributed by atoms with E-state index in [1.165, 1.54) is 7.11 Å². The Hall–Kier alpha value is -2.56. The number of aromatic nitrogens is 1. The highest BCUT2D eigenvalue weighted by atomic mass is 16.5. The van der Waals surface area contributed by atoms with Crippen LogP contribution in [0.25, 0.3) is 0 Å². The first kappa shape index (κ1) is 13.9. The van der Waals surface area contributed by atoms with E-state index < -0.39 is 0 Å². The Morgan fingerprint density at radius 2 is 2.00 bits per heavy atom. The van der Waals surface area contributed by atoms with Gasteiger partial charge in [0.15, 0.2) is 0 Å². The lowest BCUT2D eigenvalue weighted by Gasteiger charge is -2.09. The van der Waals surface area contributed by atoms with Crippen LogP contribution in [0.4, 0.5) is 11.5 Å². The fraction of sp³-hybridized carbons (Fsp3) is 0.200.